The molecule has 0 unspecified atom stereocenters. The lowest BCUT2D eigenvalue weighted by molar-refractivity contribution is -0.130. The first kappa shape index (κ1) is 19.2. The number of likely N-dealkylation sites (tertiary alicyclic amines) is 1. The Balaban J connectivity index is 1.59. The van der Waals surface area contributed by atoms with E-state index in [0.717, 1.165) is 11.1 Å². The molecular weight excluding hydrogens is 364 g/mol. The van der Waals surface area contributed by atoms with Crippen molar-refractivity contribution in [1.82, 2.24) is 4.90 Å². The maximum atomic E-state index is 12.3. The van der Waals surface area contributed by atoms with Crippen LogP contribution in [0, 0.1) is 5.41 Å². The molecule has 0 saturated carbocycles. The number of hydrogen-bond acceptors (Lipinski definition) is 3. The highest BCUT2D eigenvalue weighted by Crippen LogP contribution is 2.35. The highest BCUT2D eigenvalue weighted by atomic mass is 35.5. The van der Waals surface area contributed by atoms with Gasteiger partial charge in [0.2, 0.25) is 5.91 Å². The summed E-state index contributed by atoms with van der Waals surface area (Å²) in [7, 11) is 0. The van der Waals surface area contributed by atoms with Crippen LogP contribution < -0.4 is 5.73 Å². The van der Waals surface area contributed by atoms with Crippen LogP contribution in [0.1, 0.15) is 24.0 Å². The van der Waals surface area contributed by atoms with Crippen molar-refractivity contribution in [2.24, 2.45) is 11.1 Å². The summed E-state index contributed by atoms with van der Waals surface area (Å²) < 4.78 is 5.38. The van der Waals surface area contributed by atoms with E-state index < -0.39 is 5.41 Å². The minimum absolute atomic E-state index is 0.236. The van der Waals surface area contributed by atoms with Gasteiger partial charge in [-0.3, -0.25) is 4.79 Å². The number of hydrogen-bond donors (Lipinski definition) is 1. The van der Waals surface area contributed by atoms with Gasteiger partial charge in [-0.15, -0.1) is 0 Å². The molecule has 0 spiro atoms. The number of ether oxygens (including phenoxy) is 1. The average molecular weight is 387 g/mol. The minimum atomic E-state index is -0.666. The van der Waals surface area contributed by atoms with E-state index in [0.29, 0.717) is 37.4 Å². The summed E-state index contributed by atoms with van der Waals surface area (Å²) in [6.45, 7) is 1.12. The molecule has 1 aliphatic heterocycles. The topological polar surface area (TPSA) is 72.6 Å². The molecule has 1 saturated heterocycles. The van der Waals surface area contributed by atoms with Crippen LogP contribution >= 0.6 is 11.6 Å². The lowest BCUT2D eigenvalue weighted by Gasteiger charge is -2.39. The Bertz CT molecular complexity index is 802. The van der Waals surface area contributed by atoms with Crippen LogP contribution in [0.5, 0.6) is 0 Å². The molecule has 0 aliphatic carbocycles. The standard InChI is InChI=1S/C21H23ClN2O3/c22-18-8-4-7-17(13-18)14-21(19(23)25)9-11-24(12-10-21)20(26)27-15-16-5-2-1-3-6-16/h1-8,13H,9-12,14-15H2,(H2,23,25). The SMILES string of the molecule is NC(=O)C1(Cc2cccc(Cl)c2)CCN(C(=O)OCc2ccccc2)CC1. The number of nitrogens with two attached hydrogens (primary N) is 1. The number of carbonyl (C=O) groups is 2. The summed E-state index contributed by atoms with van der Waals surface area (Å²) in [5.41, 5.74) is 6.99. The first-order valence-corrected chi connectivity index (χ1v) is 9.36. The van der Waals surface area contributed by atoms with Gasteiger partial charge in [-0.05, 0) is 42.5 Å². The Hall–Kier alpha value is -2.53. The molecule has 2 aromatic rings. The lowest BCUT2D eigenvalue weighted by atomic mass is 9.73. The predicted molar refractivity (Wildman–Crippen MR) is 104 cm³/mol. The van der Waals surface area contributed by atoms with Gasteiger partial charge in [0, 0.05) is 18.1 Å². The van der Waals surface area contributed by atoms with Crippen LogP contribution in [0.15, 0.2) is 54.6 Å². The highest BCUT2D eigenvalue weighted by molar-refractivity contribution is 6.30. The molecule has 0 bridgehead atoms. The second-order valence-electron chi connectivity index (χ2n) is 6.98. The fourth-order valence-electron chi connectivity index (χ4n) is 3.48. The van der Waals surface area contributed by atoms with E-state index in [2.05, 4.69) is 0 Å². The summed E-state index contributed by atoms with van der Waals surface area (Å²) in [5.74, 6) is -0.334. The Morgan fingerprint density at radius 2 is 1.70 bits per heavy atom. The number of nitrogens with zero attached hydrogens (tertiary/aromatic N) is 1. The highest BCUT2D eigenvalue weighted by Gasteiger charge is 2.41. The number of rotatable bonds is 5. The summed E-state index contributed by atoms with van der Waals surface area (Å²) >= 11 is 6.05. The molecular formula is C21H23ClN2O3. The quantitative estimate of drug-likeness (QED) is 0.849. The van der Waals surface area contributed by atoms with Crippen molar-refractivity contribution < 1.29 is 14.3 Å². The Kier molecular flexibility index (Phi) is 6.01. The molecule has 2 amide bonds. The van der Waals surface area contributed by atoms with E-state index in [-0.39, 0.29) is 18.6 Å². The van der Waals surface area contributed by atoms with E-state index in [4.69, 9.17) is 22.1 Å². The van der Waals surface area contributed by atoms with Crippen molar-refractivity contribution in [1.29, 1.82) is 0 Å². The zero-order chi connectivity index (χ0) is 19.3. The van der Waals surface area contributed by atoms with Crippen molar-refractivity contribution in [3.8, 4) is 0 Å². The molecule has 0 radical (unpaired) electrons. The van der Waals surface area contributed by atoms with Crippen molar-refractivity contribution in [2.45, 2.75) is 25.9 Å². The Morgan fingerprint density at radius 3 is 2.33 bits per heavy atom. The first-order valence-electron chi connectivity index (χ1n) is 8.98. The van der Waals surface area contributed by atoms with E-state index in [1.165, 1.54) is 0 Å². The third-order valence-corrected chi connectivity index (χ3v) is 5.37. The molecule has 1 aliphatic rings. The molecule has 0 atom stereocenters. The summed E-state index contributed by atoms with van der Waals surface area (Å²) in [6.07, 6.45) is 1.18. The summed E-state index contributed by atoms with van der Waals surface area (Å²) in [5, 5.41) is 0.633. The molecule has 1 fully saturated rings. The van der Waals surface area contributed by atoms with Crippen LogP contribution in [-0.4, -0.2) is 30.0 Å². The number of primary amides is 1. The van der Waals surface area contributed by atoms with Crippen LogP contribution in [-0.2, 0) is 22.6 Å². The zero-order valence-corrected chi connectivity index (χ0v) is 15.8. The maximum absolute atomic E-state index is 12.3. The summed E-state index contributed by atoms with van der Waals surface area (Å²) in [6, 6.07) is 17.0. The van der Waals surface area contributed by atoms with E-state index in [1.54, 1.807) is 11.0 Å². The molecule has 0 aromatic heterocycles. The molecule has 2 N–H and O–H groups in total. The molecule has 142 valence electrons. The van der Waals surface area contributed by atoms with Gasteiger partial charge in [-0.25, -0.2) is 4.79 Å². The number of benzene rings is 2. The number of piperidine rings is 1. The second-order valence-corrected chi connectivity index (χ2v) is 7.41. The average Bonchev–Trinajstić information content (AvgIpc) is 2.67. The first-order chi connectivity index (χ1) is 13.0. The van der Waals surface area contributed by atoms with Gasteiger partial charge in [-0.2, -0.15) is 0 Å². The monoisotopic (exact) mass is 386 g/mol. The van der Waals surface area contributed by atoms with Gasteiger partial charge in [0.15, 0.2) is 0 Å². The number of amides is 2. The molecule has 5 nitrogen and oxygen atoms in total. The van der Waals surface area contributed by atoms with Crippen LogP contribution in [0.25, 0.3) is 0 Å². The van der Waals surface area contributed by atoms with Crippen molar-refractivity contribution in [2.75, 3.05) is 13.1 Å². The van der Waals surface area contributed by atoms with E-state index in [1.807, 2.05) is 48.5 Å². The second kappa shape index (κ2) is 8.44. The van der Waals surface area contributed by atoms with Crippen molar-refractivity contribution in [3.05, 3.63) is 70.7 Å². The fraction of sp³-hybridized carbons (Fsp3) is 0.333. The van der Waals surface area contributed by atoms with Gasteiger partial charge >= 0.3 is 6.09 Å². The lowest BCUT2D eigenvalue weighted by Crippen LogP contribution is -2.50. The normalized spacial score (nSPS) is 16.0. The molecule has 27 heavy (non-hydrogen) atoms. The molecule has 6 heteroatoms. The van der Waals surface area contributed by atoms with Gasteiger partial charge in [0.25, 0.3) is 0 Å². The molecule has 1 heterocycles. The van der Waals surface area contributed by atoms with Crippen LogP contribution in [0.2, 0.25) is 5.02 Å². The smallest absolute Gasteiger partial charge is 0.410 e. The minimum Gasteiger partial charge on any atom is -0.445 e. The van der Waals surface area contributed by atoms with Gasteiger partial charge in [-0.1, -0.05) is 54.1 Å². The Morgan fingerprint density at radius 1 is 1.04 bits per heavy atom. The summed E-state index contributed by atoms with van der Waals surface area (Å²) in [4.78, 5) is 26.2. The largest absolute Gasteiger partial charge is 0.445 e. The Labute approximate surface area is 164 Å². The molecule has 2 aromatic carbocycles. The third kappa shape index (κ3) is 4.80. The van der Waals surface area contributed by atoms with Crippen LogP contribution in [0.4, 0.5) is 4.79 Å². The zero-order valence-electron chi connectivity index (χ0n) is 15.1. The number of halogens is 1. The van der Waals surface area contributed by atoms with Gasteiger partial charge in [0.1, 0.15) is 6.61 Å². The third-order valence-electron chi connectivity index (χ3n) is 5.14. The van der Waals surface area contributed by atoms with Gasteiger partial charge < -0.3 is 15.4 Å². The van der Waals surface area contributed by atoms with Crippen molar-refractivity contribution in [3.63, 3.8) is 0 Å². The van der Waals surface area contributed by atoms with E-state index >= 15 is 0 Å². The number of carbonyl (C=O) groups excluding carboxylic acids is 2. The van der Waals surface area contributed by atoms with Gasteiger partial charge in [0.05, 0.1) is 5.41 Å². The predicted octanol–water partition coefficient (Wildman–Crippen LogP) is 3.79. The van der Waals surface area contributed by atoms with Crippen LogP contribution in [0.3, 0.4) is 0 Å². The fourth-order valence-corrected chi connectivity index (χ4v) is 3.69. The van der Waals surface area contributed by atoms with Crippen molar-refractivity contribution >= 4 is 23.6 Å². The van der Waals surface area contributed by atoms with E-state index in [9.17, 15) is 9.59 Å². The maximum Gasteiger partial charge on any atom is 0.410 e. The molecule has 3 rings (SSSR count).